The Hall–Kier alpha value is -1.02. The molecule has 0 aromatic heterocycles. The van der Waals surface area contributed by atoms with Crippen LogP contribution in [0.4, 0.5) is 5.69 Å². The molecule has 0 aliphatic heterocycles. The minimum absolute atomic E-state index is 0.561. The predicted molar refractivity (Wildman–Crippen MR) is 83.4 cm³/mol. The zero-order chi connectivity index (χ0) is 13.7. The molecule has 1 aliphatic rings. The largest absolute Gasteiger partial charge is 0.369 e. The van der Waals surface area contributed by atoms with Gasteiger partial charge in [-0.1, -0.05) is 31.4 Å². The zero-order valence-corrected chi connectivity index (χ0v) is 12.4. The molecule has 0 amide bonds. The van der Waals surface area contributed by atoms with Crippen LogP contribution >= 0.6 is 0 Å². The van der Waals surface area contributed by atoms with Gasteiger partial charge < -0.3 is 10.6 Å². The zero-order valence-electron chi connectivity index (χ0n) is 12.4. The molecule has 2 heteroatoms. The minimum Gasteiger partial charge on any atom is -0.369 e. The summed E-state index contributed by atoms with van der Waals surface area (Å²) in [5.74, 6) is 0.880. The van der Waals surface area contributed by atoms with Crippen LogP contribution in [0.1, 0.15) is 51.5 Å². The summed E-state index contributed by atoms with van der Waals surface area (Å²) in [5, 5.41) is 0. The first kappa shape index (κ1) is 14.4. The predicted octanol–water partition coefficient (Wildman–Crippen LogP) is 3.94. The van der Waals surface area contributed by atoms with Crippen LogP contribution in [0.3, 0.4) is 0 Å². The van der Waals surface area contributed by atoms with Crippen molar-refractivity contribution in [2.24, 2.45) is 11.7 Å². The first-order chi connectivity index (χ1) is 9.20. The molecule has 19 heavy (non-hydrogen) atoms. The Morgan fingerprint density at radius 3 is 2.26 bits per heavy atom. The molecule has 1 aromatic rings. The van der Waals surface area contributed by atoms with Gasteiger partial charge in [0, 0.05) is 24.8 Å². The molecule has 2 rings (SSSR count). The molecule has 2 nitrogen and oxygen atoms in total. The van der Waals surface area contributed by atoms with E-state index in [9.17, 15) is 0 Å². The molecular weight excluding hydrogens is 232 g/mol. The molecule has 0 saturated heterocycles. The maximum Gasteiger partial charge on any atom is 0.0368 e. The molecule has 2 N–H and O–H groups in total. The highest BCUT2D eigenvalue weighted by molar-refractivity contribution is 5.48. The fraction of sp³-hybridized carbons (Fsp3) is 0.647. The summed E-state index contributed by atoms with van der Waals surface area (Å²) in [5.41, 5.74) is 8.23. The van der Waals surface area contributed by atoms with E-state index >= 15 is 0 Å². The van der Waals surface area contributed by atoms with Gasteiger partial charge in [-0.15, -0.1) is 0 Å². The molecule has 0 radical (unpaired) electrons. The van der Waals surface area contributed by atoms with E-state index in [1.165, 1.54) is 49.9 Å². The van der Waals surface area contributed by atoms with Crippen LogP contribution in [0, 0.1) is 5.92 Å². The summed E-state index contributed by atoms with van der Waals surface area (Å²) in [7, 11) is 0. The molecule has 1 aromatic carbocycles. The first-order valence-electron chi connectivity index (χ1n) is 7.76. The average molecular weight is 260 g/mol. The van der Waals surface area contributed by atoms with E-state index in [-0.39, 0.29) is 0 Å². The maximum atomic E-state index is 5.67. The van der Waals surface area contributed by atoms with Gasteiger partial charge in [0.2, 0.25) is 0 Å². The van der Waals surface area contributed by atoms with Crippen LogP contribution in [-0.2, 0) is 6.54 Å². The maximum absolute atomic E-state index is 5.67. The van der Waals surface area contributed by atoms with Gasteiger partial charge in [-0.2, -0.15) is 0 Å². The van der Waals surface area contributed by atoms with Gasteiger partial charge in [0.25, 0.3) is 0 Å². The molecule has 0 bridgehead atoms. The highest BCUT2D eigenvalue weighted by Gasteiger charge is 2.19. The van der Waals surface area contributed by atoms with Crippen LogP contribution in [-0.4, -0.2) is 12.6 Å². The Kier molecular flexibility index (Phi) is 5.26. The van der Waals surface area contributed by atoms with E-state index in [1.807, 2.05) is 0 Å². The Morgan fingerprint density at radius 2 is 1.74 bits per heavy atom. The van der Waals surface area contributed by atoms with Gasteiger partial charge in [0.1, 0.15) is 0 Å². The molecule has 1 saturated carbocycles. The van der Waals surface area contributed by atoms with Crippen LogP contribution in [0.25, 0.3) is 0 Å². The Balaban J connectivity index is 2.05. The molecule has 1 aliphatic carbocycles. The summed E-state index contributed by atoms with van der Waals surface area (Å²) in [4.78, 5) is 2.55. The lowest BCUT2D eigenvalue weighted by molar-refractivity contribution is 0.353. The summed E-state index contributed by atoms with van der Waals surface area (Å²) >= 11 is 0. The Labute approximate surface area is 118 Å². The van der Waals surface area contributed by atoms with Crippen molar-refractivity contribution in [3.63, 3.8) is 0 Å². The number of benzene rings is 1. The molecule has 106 valence electrons. The van der Waals surface area contributed by atoms with E-state index in [1.54, 1.807) is 0 Å². The average Bonchev–Trinajstić information content (AvgIpc) is 2.46. The van der Waals surface area contributed by atoms with Gasteiger partial charge in [0.05, 0.1) is 0 Å². The van der Waals surface area contributed by atoms with Gasteiger partial charge in [-0.05, 0) is 50.3 Å². The highest BCUT2D eigenvalue weighted by Crippen LogP contribution is 2.27. The summed E-state index contributed by atoms with van der Waals surface area (Å²) < 4.78 is 0. The molecule has 0 unspecified atom stereocenters. The van der Waals surface area contributed by atoms with Gasteiger partial charge in [-0.25, -0.2) is 0 Å². The van der Waals surface area contributed by atoms with Crippen molar-refractivity contribution in [2.45, 2.75) is 58.5 Å². The smallest absolute Gasteiger partial charge is 0.0368 e. The second-order valence-electron chi connectivity index (χ2n) is 6.12. The van der Waals surface area contributed by atoms with E-state index < -0.39 is 0 Å². The fourth-order valence-electron chi connectivity index (χ4n) is 3.09. The van der Waals surface area contributed by atoms with Crippen molar-refractivity contribution < 1.29 is 0 Å². The number of hydrogen-bond donors (Lipinski definition) is 1. The SMILES string of the molecule is CC(C)N(CC1CCCCC1)c1ccc(CN)cc1. The molecular formula is C17H28N2. The third-order valence-electron chi connectivity index (χ3n) is 4.31. The lowest BCUT2D eigenvalue weighted by atomic mass is 9.88. The van der Waals surface area contributed by atoms with Gasteiger partial charge in [-0.3, -0.25) is 0 Å². The van der Waals surface area contributed by atoms with Crippen molar-refractivity contribution >= 4 is 5.69 Å². The van der Waals surface area contributed by atoms with Crippen molar-refractivity contribution in [3.8, 4) is 0 Å². The van der Waals surface area contributed by atoms with Crippen molar-refractivity contribution in [1.82, 2.24) is 0 Å². The van der Waals surface area contributed by atoms with E-state index in [4.69, 9.17) is 5.73 Å². The first-order valence-corrected chi connectivity index (χ1v) is 7.76. The normalized spacial score (nSPS) is 16.8. The van der Waals surface area contributed by atoms with Crippen LogP contribution in [0.15, 0.2) is 24.3 Å². The number of anilines is 1. The number of nitrogens with zero attached hydrogens (tertiary/aromatic N) is 1. The summed E-state index contributed by atoms with van der Waals surface area (Å²) in [6, 6.07) is 9.33. The second-order valence-corrected chi connectivity index (χ2v) is 6.12. The molecule has 1 fully saturated rings. The number of nitrogens with two attached hydrogens (primary N) is 1. The lowest BCUT2D eigenvalue weighted by Gasteiger charge is -2.34. The topological polar surface area (TPSA) is 29.3 Å². The van der Waals surface area contributed by atoms with E-state index in [2.05, 4.69) is 43.0 Å². The highest BCUT2D eigenvalue weighted by atomic mass is 15.2. The van der Waals surface area contributed by atoms with Crippen molar-refractivity contribution in [1.29, 1.82) is 0 Å². The van der Waals surface area contributed by atoms with Gasteiger partial charge in [0.15, 0.2) is 0 Å². The third kappa shape index (κ3) is 3.97. The van der Waals surface area contributed by atoms with Crippen LogP contribution in [0.5, 0.6) is 0 Å². The fourth-order valence-corrected chi connectivity index (χ4v) is 3.09. The molecule has 0 spiro atoms. The number of rotatable bonds is 5. The van der Waals surface area contributed by atoms with Crippen molar-refractivity contribution in [2.75, 3.05) is 11.4 Å². The minimum atomic E-state index is 0.561. The monoisotopic (exact) mass is 260 g/mol. The standard InChI is InChI=1S/C17H28N2/c1-14(2)19(13-16-6-4-3-5-7-16)17-10-8-15(12-18)9-11-17/h8-11,14,16H,3-7,12-13,18H2,1-2H3. The Bertz CT molecular complexity index is 363. The quantitative estimate of drug-likeness (QED) is 0.869. The lowest BCUT2D eigenvalue weighted by Crippen LogP contribution is -2.36. The van der Waals surface area contributed by atoms with Crippen molar-refractivity contribution in [3.05, 3.63) is 29.8 Å². The second kappa shape index (κ2) is 6.95. The summed E-state index contributed by atoms with van der Waals surface area (Å²) in [6.07, 6.45) is 7.09. The molecule has 0 atom stereocenters. The van der Waals surface area contributed by atoms with E-state index in [0.717, 1.165) is 5.92 Å². The van der Waals surface area contributed by atoms with Crippen LogP contribution < -0.4 is 10.6 Å². The summed E-state index contributed by atoms with van der Waals surface area (Å²) in [6.45, 7) is 6.42. The molecule has 0 heterocycles. The Morgan fingerprint density at radius 1 is 1.11 bits per heavy atom. The van der Waals surface area contributed by atoms with Gasteiger partial charge >= 0.3 is 0 Å². The number of hydrogen-bond acceptors (Lipinski definition) is 2. The van der Waals surface area contributed by atoms with E-state index in [0.29, 0.717) is 12.6 Å². The van der Waals surface area contributed by atoms with Crippen LogP contribution in [0.2, 0.25) is 0 Å². The third-order valence-corrected chi connectivity index (χ3v) is 4.31.